The SMILES string of the molecule is CCN(CC)C(=O)CC(=O)Nc1ccc(N2CCCCC2)cc1. The maximum absolute atomic E-state index is 12.0. The third-order valence-corrected chi connectivity index (χ3v) is 4.30. The van der Waals surface area contributed by atoms with Crippen LogP contribution in [0.1, 0.15) is 39.5 Å². The third kappa shape index (κ3) is 4.98. The summed E-state index contributed by atoms with van der Waals surface area (Å²) < 4.78 is 0. The smallest absolute Gasteiger partial charge is 0.233 e. The van der Waals surface area contributed by atoms with Crippen LogP contribution in [0.2, 0.25) is 0 Å². The van der Waals surface area contributed by atoms with Gasteiger partial charge in [-0.25, -0.2) is 0 Å². The summed E-state index contributed by atoms with van der Waals surface area (Å²) in [5.74, 6) is -0.384. The van der Waals surface area contributed by atoms with Crippen molar-refractivity contribution in [3.63, 3.8) is 0 Å². The molecule has 1 aromatic rings. The minimum Gasteiger partial charge on any atom is -0.372 e. The minimum atomic E-state index is -0.257. The van der Waals surface area contributed by atoms with E-state index in [1.165, 1.54) is 24.9 Å². The molecule has 0 aromatic heterocycles. The van der Waals surface area contributed by atoms with Crippen molar-refractivity contribution >= 4 is 23.2 Å². The Morgan fingerprint density at radius 1 is 1.04 bits per heavy atom. The van der Waals surface area contributed by atoms with Gasteiger partial charge in [0.15, 0.2) is 0 Å². The molecule has 1 heterocycles. The van der Waals surface area contributed by atoms with E-state index in [2.05, 4.69) is 10.2 Å². The molecule has 1 saturated heterocycles. The molecule has 2 rings (SSSR count). The first kappa shape index (κ1) is 17.3. The maximum Gasteiger partial charge on any atom is 0.233 e. The highest BCUT2D eigenvalue weighted by molar-refractivity contribution is 6.03. The Balaban J connectivity index is 1.87. The van der Waals surface area contributed by atoms with Crippen molar-refractivity contribution < 1.29 is 9.59 Å². The zero-order chi connectivity index (χ0) is 16.7. The number of piperidine rings is 1. The van der Waals surface area contributed by atoms with E-state index in [-0.39, 0.29) is 18.2 Å². The summed E-state index contributed by atoms with van der Waals surface area (Å²) in [6.45, 7) is 7.30. The van der Waals surface area contributed by atoms with E-state index in [4.69, 9.17) is 0 Å². The molecule has 0 bridgehead atoms. The Labute approximate surface area is 138 Å². The van der Waals surface area contributed by atoms with Crippen LogP contribution in [0.3, 0.4) is 0 Å². The zero-order valence-corrected chi connectivity index (χ0v) is 14.2. The van der Waals surface area contributed by atoms with Crippen molar-refractivity contribution in [3.05, 3.63) is 24.3 Å². The summed E-state index contributed by atoms with van der Waals surface area (Å²) in [6.07, 6.45) is 3.69. The lowest BCUT2D eigenvalue weighted by molar-refractivity contribution is -0.134. The Kier molecular flexibility index (Phi) is 6.44. The van der Waals surface area contributed by atoms with Crippen LogP contribution < -0.4 is 10.2 Å². The van der Waals surface area contributed by atoms with Gasteiger partial charge in [0.1, 0.15) is 6.42 Å². The number of amides is 2. The first-order valence-corrected chi connectivity index (χ1v) is 8.56. The maximum atomic E-state index is 12.0. The molecule has 0 radical (unpaired) electrons. The van der Waals surface area contributed by atoms with Crippen LogP contribution in [0.4, 0.5) is 11.4 Å². The Morgan fingerprint density at radius 3 is 2.22 bits per heavy atom. The van der Waals surface area contributed by atoms with Gasteiger partial charge >= 0.3 is 0 Å². The van der Waals surface area contributed by atoms with E-state index in [0.717, 1.165) is 18.8 Å². The monoisotopic (exact) mass is 317 g/mol. The molecule has 5 nitrogen and oxygen atoms in total. The molecule has 0 saturated carbocycles. The number of carbonyl (C=O) groups excluding carboxylic acids is 2. The van der Waals surface area contributed by atoms with Crippen LogP contribution in [0.15, 0.2) is 24.3 Å². The molecule has 1 aromatic carbocycles. The van der Waals surface area contributed by atoms with Crippen LogP contribution in [0.25, 0.3) is 0 Å². The van der Waals surface area contributed by atoms with E-state index in [9.17, 15) is 9.59 Å². The molecule has 1 aliphatic rings. The largest absolute Gasteiger partial charge is 0.372 e. The van der Waals surface area contributed by atoms with Gasteiger partial charge in [0, 0.05) is 37.6 Å². The van der Waals surface area contributed by atoms with Crippen LogP contribution in [-0.4, -0.2) is 42.9 Å². The van der Waals surface area contributed by atoms with Gasteiger partial charge < -0.3 is 15.1 Å². The van der Waals surface area contributed by atoms with Gasteiger partial charge in [-0.2, -0.15) is 0 Å². The molecule has 1 N–H and O–H groups in total. The average Bonchev–Trinajstić information content (AvgIpc) is 2.57. The van der Waals surface area contributed by atoms with E-state index in [1.807, 2.05) is 38.1 Å². The first-order chi connectivity index (χ1) is 11.1. The number of anilines is 2. The summed E-state index contributed by atoms with van der Waals surface area (Å²) in [7, 11) is 0. The van der Waals surface area contributed by atoms with Gasteiger partial charge in [-0.1, -0.05) is 0 Å². The van der Waals surface area contributed by atoms with Crippen LogP contribution in [-0.2, 0) is 9.59 Å². The molecule has 0 unspecified atom stereocenters. The lowest BCUT2D eigenvalue weighted by Gasteiger charge is -2.28. The van der Waals surface area contributed by atoms with Gasteiger partial charge in [-0.3, -0.25) is 9.59 Å². The second-order valence-electron chi connectivity index (χ2n) is 5.89. The first-order valence-electron chi connectivity index (χ1n) is 8.56. The van der Waals surface area contributed by atoms with Gasteiger partial charge in [0.2, 0.25) is 11.8 Å². The fraction of sp³-hybridized carbons (Fsp3) is 0.556. The number of rotatable bonds is 6. The third-order valence-electron chi connectivity index (χ3n) is 4.30. The van der Waals surface area contributed by atoms with Crippen molar-refractivity contribution in [2.75, 3.05) is 36.4 Å². The predicted molar refractivity (Wildman–Crippen MR) is 93.7 cm³/mol. The molecule has 0 spiro atoms. The Morgan fingerprint density at radius 2 is 1.65 bits per heavy atom. The standard InChI is InChI=1S/C18H27N3O2/c1-3-20(4-2)18(23)14-17(22)19-15-8-10-16(11-9-15)21-12-6-5-7-13-21/h8-11H,3-7,12-14H2,1-2H3,(H,19,22). The number of nitrogens with zero attached hydrogens (tertiary/aromatic N) is 2. The topological polar surface area (TPSA) is 52.7 Å². The molecule has 0 aliphatic carbocycles. The van der Waals surface area contributed by atoms with Crippen LogP contribution in [0, 0.1) is 0 Å². The highest BCUT2D eigenvalue weighted by Gasteiger charge is 2.15. The predicted octanol–water partition coefficient (Wildman–Crippen LogP) is 2.87. The molecular formula is C18H27N3O2. The minimum absolute atomic E-state index is 0.102. The van der Waals surface area contributed by atoms with Crippen molar-refractivity contribution in [3.8, 4) is 0 Å². The van der Waals surface area contributed by atoms with E-state index in [1.54, 1.807) is 4.90 Å². The Bertz CT molecular complexity index is 518. The van der Waals surface area contributed by atoms with Crippen molar-refractivity contribution in [1.82, 2.24) is 4.90 Å². The van der Waals surface area contributed by atoms with Gasteiger partial charge in [-0.05, 0) is 57.4 Å². The number of hydrogen-bond donors (Lipinski definition) is 1. The summed E-state index contributed by atoms with van der Waals surface area (Å²) in [6, 6.07) is 7.88. The van der Waals surface area contributed by atoms with E-state index < -0.39 is 0 Å². The number of benzene rings is 1. The summed E-state index contributed by atoms with van der Waals surface area (Å²) in [4.78, 5) is 27.9. The van der Waals surface area contributed by atoms with Gasteiger partial charge in [-0.15, -0.1) is 0 Å². The highest BCUT2D eigenvalue weighted by Crippen LogP contribution is 2.21. The molecule has 0 atom stereocenters. The molecule has 126 valence electrons. The molecule has 5 heteroatoms. The number of carbonyl (C=O) groups is 2. The van der Waals surface area contributed by atoms with E-state index in [0.29, 0.717) is 13.1 Å². The van der Waals surface area contributed by atoms with Gasteiger partial charge in [0.05, 0.1) is 0 Å². The molecule has 1 aliphatic heterocycles. The van der Waals surface area contributed by atoms with Crippen LogP contribution in [0.5, 0.6) is 0 Å². The summed E-state index contributed by atoms with van der Waals surface area (Å²) in [5, 5.41) is 2.80. The lowest BCUT2D eigenvalue weighted by Crippen LogP contribution is -2.33. The molecule has 2 amide bonds. The second kappa shape index (κ2) is 8.56. The molecule has 23 heavy (non-hydrogen) atoms. The van der Waals surface area contributed by atoms with Gasteiger partial charge in [0.25, 0.3) is 0 Å². The second-order valence-corrected chi connectivity index (χ2v) is 5.89. The summed E-state index contributed by atoms with van der Waals surface area (Å²) in [5.41, 5.74) is 1.94. The number of hydrogen-bond acceptors (Lipinski definition) is 3. The quantitative estimate of drug-likeness (QED) is 0.821. The molecule has 1 fully saturated rings. The Hall–Kier alpha value is -2.04. The van der Waals surface area contributed by atoms with Crippen molar-refractivity contribution in [2.24, 2.45) is 0 Å². The van der Waals surface area contributed by atoms with Crippen molar-refractivity contribution in [2.45, 2.75) is 39.5 Å². The summed E-state index contributed by atoms with van der Waals surface area (Å²) >= 11 is 0. The lowest BCUT2D eigenvalue weighted by atomic mass is 10.1. The van der Waals surface area contributed by atoms with E-state index >= 15 is 0 Å². The molecular weight excluding hydrogens is 290 g/mol. The normalized spacial score (nSPS) is 14.4. The number of nitrogens with one attached hydrogen (secondary N) is 1. The van der Waals surface area contributed by atoms with Crippen LogP contribution >= 0.6 is 0 Å². The fourth-order valence-electron chi connectivity index (χ4n) is 2.94. The zero-order valence-electron chi connectivity index (χ0n) is 14.2. The average molecular weight is 317 g/mol. The fourth-order valence-corrected chi connectivity index (χ4v) is 2.94. The highest BCUT2D eigenvalue weighted by atomic mass is 16.2. The van der Waals surface area contributed by atoms with Crippen molar-refractivity contribution in [1.29, 1.82) is 0 Å².